The van der Waals surface area contributed by atoms with Gasteiger partial charge in [0.1, 0.15) is 5.69 Å². The number of carbonyl (C=O) groups is 2. The summed E-state index contributed by atoms with van der Waals surface area (Å²) in [5.41, 5.74) is 1.57. The Kier molecular flexibility index (Phi) is 3.66. The fourth-order valence-electron chi connectivity index (χ4n) is 3.91. The smallest absolute Gasteiger partial charge is 0.270 e. The van der Waals surface area contributed by atoms with Crippen molar-refractivity contribution in [2.24, 2.45) is 5.92 Å². The van der Waals surface area contributed by atoms with Gasteiger partial charge in [0.2, 0.25) is 0 Å². The maximum atomic E-state index is 12.6. The van der Waals surface area contributed by atoms with E-state index in [4.69, 9.17) is 0 Å². The lowest BCUT2D eigenvalue weighted by molar-refractivity contribution is 0.0216. The van der Waals surface area contributed by atoms with E-state index >= 15 is 0 Å². The molecule has 2 aromatic heterocycles. The van der Waals surface area contributed by atoms with Crippen molar-refractivity contribution in [1.29, 1.82) is 0 Å². The standard InChI is InChI=1S/C17H19N3O2S/c1-10-15(11-4-6-20(10)7-5-11)19-17(22)13-2-3-14-16(18-13)12(8-21)9-23-14/h2-3,8-11,15H,4-7H2,1H3,(H,19,22)/t10-,15-/m0/s1. The lowest BCUT2D eigenvalue weighted by Crippen LogP contribution is -2.62. The molecule has 3 aliphatic heterocycles. The Labute approximate surface area is 138 Å². The average Bonchev–Trinajstić information content (AvgIpc) is 3.00. The molecule has 0 unspecified atom stereocenters. The van der Waals surface area contributed by atoms with Crippen molar-refractivity contribution >= 4 is 33.7 Å². The highest BCUT2D eigenvalue weighted by molar-refractivity contribution is 7.17. The molecule has 6 heteroatoms. The number of hydrogen-bond donors (Lipinski definition) is 1. The fraction of sp³-hybridized carbons (Fsp3) is 0.471. The Balaban J connectivity index is 1.58. The van der Waals surface area contributed by atoms with E-state index in [1.54, 1.807) is 11.4 Å². The first kappa shape index (κ1) is 14.8. The van der Waals surface area contributed by atoms with Crippen molar-refractivity contribution < 1.29 is 9.59 Å². The molecule has 5 rings (SSSR count). The van der Waals surface area contributed by atoms with E-state index < -0.39 is 0 Å². The zero-order chi connectivity index (χ0) is 16.0. The van der Waals surface area contributed by atoms with Gasteiger partial charge in [-0.15, -0.1) is 11.3 Å². The summed E-state index contributed by atoms with van der Waals surface area (Å²) in [4.78, 5) is 30.6. The minimum absolute atomic E-state index is 0.138. The molecule has 23 heavy (non-hydrogen) atoms. The summed E-state index contributed by atoms with van der Waals surface area (Å²) < 4.78 is 0.930. The molecule has 0 aliphatic carbocycles. The number of rotatable bonds is 3. The summed E-state index contributed by atoms with van der Waals surface area (Å²) in [5, 5.41) is 4.96. The second kappa shape index (κ2) is 5.69. The second-order valence-corrected chi connectivity index (χ2v) is 7.38. The lowest BCUT2D eigenvalue weighted by Gasteiger charge is -2.49. The van der Waals surface area contributed by atoms with Crippen molar-refractivity contribution in [2.75, 3.05) is 13.1 Å². The minimum Gasteiger partial charge on any atom is -0.346 e. The molecule has 1 amide bonds. The van der Waals surface area contributed by atoms with Crippen LogP contribution in [-0.2, 0) is 0 Å². The monoisotopic (exact) mass is 329 g/mol. The molecular weight excluding hydrogens is 310 g/mol. The number of thiophene rings is 1. The Hall–Kier alpha value is -1.79. The maximum Gasteiger partial charge on any atom is 0.270 e. The Morgan fingerprint density at radius 1 is 1.39 bits per heavy atom. The van der Waals surface area contributed by atoms with Crippen LogP contribution in [0.4, 0.5) is 0 Å². The van der Waals surface area contributed by atoms with Gasteiger partial charge in [-0.1, -0.05) is 0 Å². The molecule has 2 aromatic rings. The molecule has 5 heterocycles. The molecule has 5 nitrogen and oxygen atoms in total. The zero-order valence-corrected chi connectivity index (χ0v) is 13.8. The van der Waals surface area contributed by atoms with Gasteiger partial charge in [-0.05, 0) is 50.9 Å². The number of pyridine rings is 1. The maximum absolute atomic E-state index is 12.6. The molecule has 0 saturated carbocycles. The van der Waals surface area contributed by atoms with Crippen molar-refractivity contribution in [3.63, 3.8) is 0 Å². The molecule has 2 atom stereocenters. The number of piperidine rings is 3. The third kappa shape index (κ3) is 2.46. The van der Waals surface area contributed by atoms with E-state index in [0.717, 1.165) is 36.9 Å². The normalized spacial score (nSPS) is 29.6. The van der Waals surface area contributed by atoms with Gasteiger partial charge >= 0.3 is 0 Å². The van der Waals surface area contributed by atoms with Gasteiger partial charge in [0.05, 0.1) is 15.8 Å². The Morgan fingerprint density at radius 2 is 2.17 bits per heavy atom. The first-order chi connectivity index (χ1) is 11.2. The quantitative estimate of drug-likeness (QED) is 0.878. The highest BCUT2D eigenvalue weighted by atomic mass is 32.1. The van der Waals surface area contributed by atoms with Gasteiger partial charge in [0.15, 0.2) is 6.29 Å². The molecule has 0 radical (unpaired) electrons. The lowest BCUT2D eigenvalue weighted by atomic mass is 9.79. The van der Waals surface area contributed by atoms with Gasteiger partial charge in [-0.3, -0.25) is 14.5 Å². The van der Waals surface area contributed by atoms with Crippen LogP contribution < -0.4 is 5.32 Å². The van der Waals surface area contributed by atoms with Crippen LogP contribution in [0.25, 0.3) is 10.2 Å². The SMILES string of the molecule is C[C@H]1[C@H](NC(=O)c2ccc3scc(C=O)c3n2)C2CCN1CC2. The van der Waals surface area contributed by atoms with Crippen LogP contribution in [0.1, 0.15) is 40.6 Å². The van der Waals surface area contributed by atoms with Crippen molar-refractivity contribution in [2.45, 2.75) is 31.8 Å². The molecular formula is C17H19N3O2S. The summed E-state index contributed by atoms with van der Waals surface area (Å²) in [6, 6.07) is 4.18. The largest absolute Gasteiger partial charge is 0.346 e. The highest BCUT2D eigenvalue weighted by Gasteiger charge is 2.40. The van der Waals surface area contributed by atoms with Gasteiger partial charge in [0.25, 0.3) is 5.91 Å². The highest BCUT2D eigenvalue weighted by Crippen LogP contribution is 2.32. The molecule has 3 fully saturated rings. The Bertz CT molecular complexity index is 762. The number of carbonyl (C=O) groups excluding carboxylic acids is 2. The van der Waals surface area contributed by atoms with Crippen LogP contribution in [0, 0.1) is 5.92 Å². The van der Waals surface area contributed by atoms with Gasteiger partial charge in [0, 0.05) is 17.5 Å². The first-order valence-electron chi connectivity index (χ1n) is 8.05. The number of aldehydes is 1. The van der Waals surface area contributed by atoms with E-state index in [-0.39, 0.29) is 11.9 Å². The average molecular weight is 329 g/mol. The number of hydrogen-bond acceptors (Lipinski definition) is 5. The topological polar surface area (TPSA) is 62.3 Å². The van der Waals surface area contributed by atoms with Crippen LogP contribution >= 0.6 is 11.3 Å². The third-order valence-electron chi connectivity index (χ3n) is 5.28. The second-order valence-electron chi connectivity index (χ2n) is 6.47. The summed E-state index contributed by atoms with van der Waals surface area (Å²) in [6.07, 6.45) is 3.10. The van der Waals surface area contributed by atoms with Gasteiger partial charge < -0.3 is 5.32 Å². The fourth-order valence-corrected chi connectivity index (χ4v) is 4.75. The molecule has 3 aliphatic rings. The first-order valence-corrected chi connectivity index (χ1v) is 8.93. The minimum atomic E-state index is -0.138. The van der Waals surface area contributed by atoms with Crippen molar-refractivity contribution in [3.05, 3.63) is 28.8 Å². The van der Waals surface area contributed by atoms with Gasteiger partial charge in [-0.2, -0.15) is 0 Å². The molecule has 3 saturated heterocycles. The molecule has 120 valence electrons. The molecule has 1 N–H and O–H groups in total. The summed E-state index contributed by atoms with van der Waals surface area (Å²) >= 11 is 1.47. The predicted octanol–water partition coefficient (Wildman–Crippen LogP) is 2.32. The number of amides is 1. The van der Waals surface area contributed by atoms with Crippen molar-refractivity contribution in [1.82, 2.24) is 15.2 Å². The van der Waals surface area contributed by atoms with Crippen LogP contribution in [0.2, 0.25) is 0 Å². The van der Waals surface area contributed by atoms with Crippen molar-refractivity contribution in [3.8, 4) is 0 Å². The molecule has 0 aromatic carbocycles. The summed E-state index contributed by atoms with van der Waals surface area (Å²) in [5.74, 6) is 0.426. The predicted molar refractivity (Wildman–Crippen MR) is 90.0 cm³/mol. The number of fused-ring (bicyclic) bond motifs is 4. The van der Waals surface area contributed by atoms with Crippen LogP contribution in [0.5, 0.6) is 0 Å². The summed E-state index contributed by atoms with van der Waals surface area (Å²) in [7, 11) is 0. The van der Waals surface area contributed by atoms with E-state index in [1.807, 2.05) is 6.07 Å². The van der Waals surface area contributed by atoms with E-state index in [1.165, 1.54) is 11.3 Å². The van der Waals surface area contributed by atoms with Crippen LogP contribution in [-0.4, -0.2) is 47.3 Å². The van der Waals surface area contributed by atoms with E-state index in [9.17, 15) is 9.59 Å². The van der Waals surface area contributed by atoms with E-state index in [0.29, 0.717) is 28.7 Å². The van der Waals surface area contributed by atoms with Crippen LogP contribution in [0.3, 0.4) is 0 Å². The zero-order valence-electron chi connectivity index (χ0n) is 13.0. The van der Waals surface area contributed by atoms with Gasteiger partial charge in [-0.25, -0.2) is 4.98 Å². The molecule has 0 spiro atoms. The molecule has 2 bridgehead atoms. The number of nitrogens with zero attached hydrogens (tertiary/aromatic N) is 2. The Morgan fingerprint density at radius 3 is 2.87 bits per heavy atom. The number of nitrogens with one attached hydrogen (secondary N) is 1. The van der Waals surface area contributed by atoms with Crippen LogP contribution in [0.15, 0.2) is 17.5 Å². The van der Waals surface area contributed by atoms with E-state index in [2.05, 4.69) is 22.1 Å². The summed E-state index contributed by atoms with van der Waals surface area (Å²) in [6.45, 7) is 4.47. The number of aromatic nitrogens is 1. The third-order valence-corrected chi connectivity index (χ3v) is 6.23.